The number of aromatic nitrogens is 2. The van der Waals surface area contributed by atoms with Gasteiger partial charge in [-0.05, 0) is 24.3 Å². The van der Waals surface area contributed by atoms with E-state index in [1.165, 1.54) is 0 Å². The second kappa shape index (κ2) is 4.98. The fourth-order valence-electron chi connectivity index (χ4n) is 2.09. The number of imidazole rings is 1. The molecule has 0 aliphatic rings. The molecular formula is C16H14N2O. The molecular weight excluding hydrogens is 236 g/mol. The van der Waals surface area contributed by atoms with Gasteiger partial charge in [0.25, 0.3) is 0 Å². The molecule has 1 heterocycles. The van der Waals surface area contributed by atoms with Crippen molar-refractivity contribution in [1.29, 1.82) is 0 Å². The molecule has 0 radical (unpaired) electrons. The molecule has 3 rings (SSSR count). The molecule has 0 spiro atoms. The molecule has 0 aliphatic heterocycles. The van der Waals surface area contributed by atoms with Gasteiger partial charge < -0.3 is 4.74 Å². The molecule has 0 unspecified atom stereocenters. The first kappa shape index (κ1) is 11.5. The van der Waals surface area contributed by atoms with Crippen molar-refractivity contribution in [2.24, 2.45) is 0 Å². The van der Waals surface area contributed by atoms with Crippen LogP contribution in [-0.2, 0) is 0 Å². The van der Waals surface area contributed by atoms with Crippen LogP contribution in [0.2, 0.25) is 0 Å². The molecule has 2 aromatic carbocycles. The third kappa shape index (κ3) is 2.22. The zero-order valence-corrected chi connectivity index (χ0v) is 10.7. The summed E-state index contributed by atoms with van der Waals surface area (Å²) in [5.74, 6) is 0.846. The lowest BCUT2D eigenvalue weighted by molar-refractivity contribution is 0.415. The zero-order valence-electron chi connectivity index (χ0n) is 10.7. The number of benzene rings is 2. The van der Waals surface area contributed by atoms with Gasteiger partial charge in [-0.15, -0.1) is 0 Å². The van der Waals surface area contributed by atoms with Gasteiger partial charge in [-0.3, -0.25) is 4.57 Å². The number of hydrogen-bond donors (Lipinski definition) is 0. The van der Waals surface area contributed by atoms with E-state index in [1.54, 1.807) is 7.11 Å². The van der Waals surface area contributed by atoms with E-state index < -0.39 is 0 Å². The van der Waals surface area contributed by atoms with Crippen LogP contribution in [0.4, 0.5) is 0 Å². The summed E-state index contributed by atoms with van der Waals surface area (Å²) >= 11 is 0. The van der Waals surface area contributed by atoms with Gasteiger partial charge in [0.05, 0.1) is 25.3 Å². The normalized spacial score (nSPS) is 10.4. The fraction of sp³-hybridized carbons (Fsp3) is 0.0625. The molecule has 0 aliphatic carbocycles. The molecule has 0 amide bonds. The van der Waals surface area contributed by atoms with Gasteiger partial charge >= 0.3 is 0 Å². The molecule has 3 nitrogen and oxygen atoms in total. The van der Waals surface area contributed by atoms with Crippen molar-refractivity contribution in [1.82, 2.24) is 9.55 Å². The van der Waals surface area contributed by atoms with Crippen molar-refractivity contribution >= 4 is 0 Å². The topological polar surface area (TPSA) is 27.1 Å². The highest BCUT2D eigenvalue weighted by molar-refractivity contribution is 5.63. The number of nitrogens with zero attached hydrogens (tertiary/aromatic N) is 2. The third-order valence-electron chi connectivity index (χ3n) is 3.04. The summed E-state index contributed by atoms with van der Waals surface area (Å²) in [6.07, 6.45) is 3.69. The predicted octanol–water partition coefficient (Wildman–Crippen LogP) is 3.55. The maximum Gasteiger partial charge on any atom is 0.119 e. The molecule has 0 N–H and O–H groups in total. The van der Waals surface area contributed by atoms with Crippen LogP contribution in [0, 0.1) is 0 Å². The van der Waals surface area contributed by atoms with E-state index in [0.29, 0.717) is 0 Å². The average Bonchev–Trinajstić information content (AvgIpc) is 2.98. The maximum absolute atomic E-state index is 5.27. The number of rotatable bonds is 3. The Labute approximate surface area is 112 Å². The quantitative estimate of drug-likeness (QED) is 0.710. The van der Waals surface area contributed by atoms with Gasteiger partial charge in [-0.25, -0.2) is 4.98 Å². The molecule has 0 saturated heterocycles. The molecule has 0 saturated carbocycles. The van der Waals surface area contributed by atoms with Crippen LogP contribution in [-0.4, -0.2) is 16.7 Å². The molecule has 19 heavy (non-hydrogen) atoms. The molecule has 1 aromatic heterocycles. The van der Waals surface area contributed by atoms with Gasteiger partial charge in [0.2, 0.25) is 0 Å². The maximum atomic E-state index is 5.27. The van der Waals surface area contributed by atoms with Crippen molar-refractivity contribution in [3.05, 3.63) is 67.1 Å². The van der Waals surface area contributed by atoms with Gasteiger partial charge in [0.15, 0.2) is 0 Å². The number of ether oxygens (including phenoxy) is 1. The first-order valence-electron chi connectivity index (χ1n) is 6.10. The molecule has 3 heteroatoms. The highest BCUT2D eigenvalue weighted by Crippen LogP contribution is 2.25. The SMILES string of the molecule is COc1cccc(-c2cncn2-c2ccccc2)c1. The Morgan fingerprint density at radius 2 is 1.84 bits per heavy atom. The molecule has 0 bridgehead atoms. The summed E-state index contributed by atoms with van der Waals surface area (Å²) in [4.78, 5) is 4.25. The van der Waals surface area contributed by atoms with Crippen molar-refractivity contribution < 1.29 is 4.74 Å². The minimum absolute atomic E-state index is 0.846. The Morgan fingerprint density at radius 3 is 2.63 bits per heavy atom. The summed E-state index contributed by atoms with van der Waals surface area (Å²) in [5, 5.41) is 0. The zero-order chi connectivity index (χ0) is 13.1. The fourth-order valence-corrected chi connectivity index (χ4v) is 2.09. The van der Waals surface area contributed by atoms with E-state index >= 15 is 0 Å². The standard InChI is InChI=1S/C16H14N2O/c1-19-15-9-5-6-13(10-15)16-11-17-12-18(16)14-7-3-2-4-8-14/h2-12H,1H3. The van der Waals surface area contributed by atoms with Gasteiger partial charge in [0, 0.05) is 11.3 Å². The highest BCUT2D eigenvalue weighted by atomic mass is 16.5. The Morgan fingerprint density at radius 1 is 1.00 bits per heavy atom. The van der Waals surface area contributed by atoms with Gasteiger partial charge in [0.1, 0.15) is 5.75 Å². The second-order valence-electron chi connectivity index (χ2n) is 4.22. The highest BCUT2D eigenvalue weighted by Gasteiger charge is 2.07. The van der Waals surface area contributed by atoms with E-state index in [4.69, 9.17) is 4.74 Å². The lowest BCUT2D eigenvalue weighted by atomic mass is 10.1. The summed E-state index contributed by atoms with van der Waals surface area (Å²) in [5.41, 5.74) is 3.23. The van der Waals surface area contributed by atoms with Crippen molar-refractivity contribution in [3.63, 3.8) is 0 Å². The lowest BCUT2D eigenvalue weighted by Crippen LogP contribution is -1.94. The van der Waals surface area contributed by atoms with E-state index in [0.717, 1.165) is 22.7 Å². The van der Waals surface area contributed by atoms with Crippen molar-refractivity contribution in [2.45, 2.75) is 0 Å². The summed E-state index contributed by atoms with van der Waals surface area (Å²) in [7, 11) is 1.67. The molecule has 0 fully saturated rings. The average molecular weight is 250 g/mol. The summed E-state index contributed by atoms with van der Waals surface area (Å²) in [6, 6.07) is 18.1. The van der Waals surface area contributed by atoms with Crippen LogP contribution < -0.4 is 4.74 Å². The Hall–Kier alpha value is -2.55. The van der Waals surface area contributed by atoms with Crippen LogP contribution >= 0.6 is 0 Å². The Bertz CT molecular complexity index is 674. The smallest absolute Gasteiger partial charge is 0.119 e. The van der Waals surface area contributed by atoms with Crippen molar-refractivity contribution in [2.75, 3.05) is 7.11 Å². The number of para-hydroxylation sites is 1. The first-order valence-corrected chi connectivity index (χ1v) is 6.10. The predicted molar refractivity (Wildman–Crippen MR) is 75.6 cm³/mol. The second-order valence-corrected chi connectivity index (χ2v) is 4.22. The molecule has 3 aromatic rings. The van der Waals surface area contributed by atoms with Crippen LogP contribution in [0.3, 0.4) is 0 Å². The summed E-state index contributed by atoms with van der Waals surface area (Å²) in [6.45, 7) is 0. The Kier molecular flexibility index (Phi) is 3.02. The first-order chi connectivity index (χ1) is 9.38. The summed E-state index contributed by atoms with van der Waals surface area (Å²) < 4.78 is 7.33. The van der Waals surface area contributed by atoms with Crippen LogP contribution in [0.5, 0.6) is 5.75 Å². The number of hydrogen-bond acceptors (Lipinski definition) is 2. The molecule has 94 valence electrons. The molecule has 0 atom stereocenters. The van der Waals surface area contributed by atoms with E-state index in [1.807, 2.05) is 48.9 Å². The third-order valence-corrected chi connectivity index (χ3v) is 3.04. The van der Waals surface area contributed by atoms with Crippen molar-refractivity contribution in [3.8, 4) is 22.7 Å². The number of methoxy groups -OCH3 is 1. The van der Waals surface area contributed by atoms with Crippen LogP contribution in [0.15, 0.2) is 67.1 Å². The largest absolute Gasteiger partial charge is 0.497 e. The van der Waals surface area contributed by atoms with E-state index in [2.05, 4.69) is 27.8 Å². The monoisotopic (exact) mass is 250 g/mol. The Balaban J connectivity index is 2.09. The van der Waals surface area contributed by atoms with Gasteiger partial charge in [-0.2, -0.15) is 0 Å². The lowest BCUT2D eigenvalue weighted by Gasteiger charge is -2.09. The van der Waals surface area contributed by atoms with Gasteiger partial charge in [-0.1, -0.05) is 30.3 Å². The van der Waals surface area contributed by atoms with E-state index in [-0.39, 0.29) is 0 Å². The van der Waals surface area contributed by atoms with E-state index in [9.17, 15) is 0 Å². The minimum atomic E-state index is 0.846. The van der Waals surface area contributed by atoms with Crippen LogP contribution in [0.1, 0.15) is 0 Å². The van der Waals surface area contributed by atoms with Crippen LogP contribution in [0.25, 0.3) is 16.9 Å². The minimum Gasteiger partial charge on any atom is -0.497 e.